The lowest BCUT2D eigenvalue weighted by Gasteiger charge is -2.34. The van der Waals surface area contributed by atoms with Gasteiger partial charge in [0.25, 0.3) is 0 Å². The third-order valence-electron chi connectivity index (χ3n) is 4.15. The highest BCUT2D eigenvalue weighted by atomic mass is 16.5. The molecule has 1 heterocycles. The smallest absolute Gasteiger partial charge is 0.0807 e. The summed E-state index contributed by atoms with van der Waals surface area (Å²) in [6, 6.07) is 2.15. The second-order valence-corrected chi connectivity index (χ2v) is 5.54. The van der Waals surface area contributed by atoms with Crippen LogP contribution in [-0.4, -0.2) is 18.2 Å². The molecule has 0 spiro atoms. The second-order valence-electron chi connectivity index (χ2n) is 5.54. The predicted octanol–water partition coefficient (Wildman–Crippen LogP) is 2.49. The normalized spacial score (nSPS) is 20.2. The second kappa shape index (κ2) is 6.98. The van der Waals surface area contributed by atoms with Crippen LogP contribution in [0.1, 0.15) is 49.3 Å². The van der Waals surface area contributed by atoms with Gasteiger partial charge in [-0.3, -0.25) is 16.3 Å². The molecule has 0 saturated heterocycles. The summed E-state index contributed by atoms with van der Waals surface area (Å²) in [5, 5.41) is 0. The molecule has 0 bridgehead atoms. The van der Waals surface area contributed by atoms with Crippen molar-refractivity contribution >= 4 is 0 Å². The average Bonchev–Trinajstić information content (AvgIpc) is 2.45. The molecule has 2 unspecified atom stereocenters. The molecule has 4 heteroatoms. The van der Waals surface area contributed by atoms with Crippen LogP contribution < -0.4 is 11.3 Å². The highest BCUT2D eigenvalue weighted by Crippen LogP contribution is 2.33. The quantitative estimate of drug-likeness (QED) is 0.633. The first-order valence-electron chi connectivity index (χ1n) is 7.16. The minimum absolute atomic E-state index is 0.0144. The minimum Gasteiger partial charge on any atom is -0.379 e. The molecule has 0 aliphatic heterocycles. The third kappa shape index (κ3) is 3.53. The topological polar surface area (TPSA) is 60.2 Å². The Morgan fingerprint density at radius 3 is 2.63 bits per heavy atom. The molecule has 1 saturated carbocycles. The Balaban J connectivity index is 2.17. The number of aryl methyl sites for hydroxylation is 1. The van der Waals surface area contributed by atoms with Gasteiger partial charge in [0.15, 0.2) is 0 Å². The van der Waals surface area contributed by atoms with Crippen LogP contribution in [0.15, 0.2) is 18.5 Å². The number of hydrogen-bond acceptors (Lipinski definition) is 4. The van der Waals surface area contributed by atoms with Crippen LogP contribution in [0.2, 0.25) is 0 Å². The van der Waals surface area contributed by atoms with Crippen LogP contribution in [-0.2, 0) is 4.74 Å². The van der Waals surface area contributed by atoms with Crippen molar-refractivity contribution in [3.05, 3.63) is 29.6 Å². The van der Waals surface area contributed by atoms with Crippen molar-refractivity contribution < 1.29 is 4.74 Å². The zero-order valence-electron chi connectivity index (χ0n) is 11.9. The fourth-order valence-electron chi connectivity index (χ4n) is 3.19. The molecular formula is C15H25N3O. The van der Waals surface area contributed by atoms with E-state index in [0.717, 1.165) is 11.1 Å². The summed E-state index contributed by atoms with van der Waals surface area (Å²) in [6.07, 6.45) is 10.3. The van der Waals surface area contributed by atoms with Gasteiger partial charge in [-0.2, -0.15) is 0 Å². The van der Waals surface area contributed by atoms with Crippen LogP contribution in [0.25, 0.3) is 0 Å². The summed E-state index contributed by atoms with van der Waals surface area (Å²) in [4.78, 5) is 4.26. The van der Waals surface area contributed by atoms with Crippen LogP contribution >= 0.6 is 0 Å². The number of pyridine rings is 1. The average molecular weight is 263 g/mol. The van der Waals surface area contributed by atoms with Gasteiger partial charge in [-0.1, -0.05) is 25.3 Å². The lowest BCUT2D eigenvalue weighted by molar-refractivity contribution is 0.00741. The lowest BCUT2D eigenvalue weighted by atomic mass is 9.81. The summed E-state index contributed by atoms with van der Waals surface area (Å²) < 4.78 is 5.77. The molecule has 3 N–H and O–H groups in total. The molecule has 106 valence electrons. The summed E-state index contributed by atoms with van der Waals surface area (Å²) in [6.45, 7) is 2.05. The van der Waals surface area contributed by atoms with Crippen molar-refractivity contribution in [1.29, 1.82) is 0 Å². The van der Waals surface area contributed by atoms with Gasteiger partial charge in [0.05, 0.1) is 12.1 Å². The zero-order chi connectivity index (χ0) is 13.7. The maximum absolute atomic E-state index is 5.78. The number of nitrogens with zero attached hydrogens (tertiary/aromatic N) is 1. The summed E-state index contributed by atoms with van der Waals surface area (Å²) in [5.41, 5.74) is 5.19. The van der Waals surface area contributed by atoms with Crippen molar-refractivity contribution in [2.75, 3.05) is 7.11 Å². The molecule has 1 aromatic rings. The molecule has 19 heavy (non-hydrogen) atoms. The fraction of sp³-hybridized carbons (Fsp3) is 0.667. The molecule has 1 aliphatic rings. The van der Waals surface area contributed by atoms with E-state index in [1.165, 1.54) is 32.1 Å². The van der Waals surface area contributed by atoms with Crippen molar-refractivity contribution in [3.63, 3.8) is 0 Å². The van der Waals surface area contributed by atoms with E-state index in [-0.39, 0.29) is 12.1 Å². The van der Waals surface area contributed by atoms with Crippen LogP contribution in [0, 0.1) is 12.8 Å². The Bertz CT molecular complexity index is 391. The number of hydrogen-bond donors (Lipinski definition) is 2. The number of aromatic nitrogens is 1. The molecule has 4 nitrogen and oxygen atoms in total. The summed E-state index contributed by atoms with van der Waals surface area (Å²) in [7, 11) is 1.78. The van der Waals surface area contributed by atoms with Crippen molar-refractivity contribution in [1.82, 2.24) is 10.4 Å². The molecule has 2 rings (SSSR count). The van der Waals surface area contributed by atoms with Gasteiger partial charge in [-0.15, -0.1) is 0 Å². The van der Waals surface area contributed by atoms with Gasteiger partial charge in [0.2, 0.25) is 0 Å². The number of rotatable bonds is 5. The Hall–Kier alpha value is -0.970. The number of ether oxygens (including phenoxy) is 1. The summed E-state index contributed by atoms with van der Waals surface area (Å²) in [5.74, 6) is 6.36. The molecule has 0 amide bonds. The van der Waals surface area contributed by atoms with E-state index in [0.29, 0.717) is 5.92 Å². The van der Waals surface area contributed by atoms with E-state index in [1.54, 1.807) is 7.11 Å². The van der Waals surface area contributed by atoms with E-state index in [9.17, 15) is 0 Å². The molecule has 0 aromatic carbocycles. The first-order valence-corrected chi connectivity index (χ1v) is 7.16. The number of methoxy groups -OCH3 is 1. The Kier molecular flexibility index (Phi) is 5.31. The monoisotopic (exact) mass is 263 g/mol. The van der Waals surface area contributed by atoms with Crippen LogP contribution in [0.5, 0.6) is 0 Å². The van der Waals surface area contributed by atoms with Gasteiger partial charge in [0.1, 0.15) is 0 Å². The van der Waals surface area contributed by atoms with Gasteiger partial charge in [-0.05, 0) is 36.8 Å². The number of nitrogens with two attached hydrogens (primary N) is 1. The molecule has 1 fully saturated rings. The zero-order valence-corrected chi connectivity index (χ0v) is 11.9. The van der Waals surface area contributed by atoms with E-state index < -0.39 is 0 Å². The number of nitrogens with one attached hydrogen (secondary N) is 1. The third-order valence-corrected chi connectivity index (χ3v) is 4.15. The fourth-order valence-corrected chi connectivity index (χ4v) is 3.19. The van der Waals surface area contributed by atoms with Crippen molar-refractivity contribution in [2.24, 2.45) is 11.8 Å². The Labute approximate surface area is 115 Å². The largest absolute Gasteiger partial charge is 0.379 e. The van der Waals surface area contributed by atoms with Crippen molar-refractivity contribution in [3.8, 4) is 0 Å². The Morgan fingerprint density at radius 2 is 2.05 bits per heavy atom. The minimum atomic E-state index is 0.0144. The maximum atomic E-state index is 5.78. The van der Waals surface area contributed by atoms with E-state index in [4.69, 9.17) is 10.6 Å². The highest BCUT2D eigenvalue weighted by molar-refractivity contribution is 5.21. The van der Waals surface area contributed by atoms with E-state index >= 15 is 0 Å². The molecule has 0 radical (unpaired) electrons. The first kappa shape index (κ1) is 14.4. The molecule has 1 aliphatic carbocycles. The van der Waals surface area contributed by atoms with E-state index in [2.05, 4.69) is 16.5 Å². The Morgan fingerprint density at radius 1 is 1.32 bits per heavy atom. The molecule has 2 atom stereocenters. The van der Waals surface area contributed by atoms with Gasteiger partial charge in [-0.25, -0.2) is 0 Å². The summed E-state index contributed by atoms with van der Waals surface area (Å²) >= 11 is 0. The van der Waals surface area contributed by atoms with Crippen LogP contribution in [0.3, 0.4) is 0 Å². The highest BCUT2D eigenvalue weighted by Gasteiger charge is 2.31. The van der Waals surface area contributed by atoms with Gasteiger partial charge in [0, 0.05) is 19.5 Å². The lowest BCUT2D eigenvalue weighted by Crippen LogP contribution is -2.42. The standard InChI is InChI=1S/C15H25N3O/c1-11-8-13(10-17-9-11)14(18-16)15(19-2)12-6-4-3-5-7-12/h8-10,12,14-15,18H,3-7,16H2,1-2H3. The van der Waals surface area contributed by atoms with Gasteiger partial charge < -0.3 is 4.74 Å². The molecular weight excluding hydrogens is 238 g/mol. The SMILES string of the molecule is COC(C1CCCCC1)C(NN)c1cncc(C)c1. The van der Waals surface area contributed by atoms with Crippen LogP contribution in [0.4, 0.5) is 0 Å². The van der Waals surface area contributed by atoms with Gasteiger partial charge >= 0.3 is 0 Å². The molecule has 1 aromatic heterocycles. The van der Waals surface area contributed by atoms with Crippen molar-refractivity contribution in [2.45, 2.75) is 51.2 Å². The predicted molar refractivity (Wildman–Crippen MR) is 76.4 cm³/mol. The first-order chi connectivity index (χ1) is 9.26. The number of hydrazine groups is 1. The van der Waals surface area contributed by atoms with E-state index in [1.807, 2.05) is 19.3 Å². The maximum Gasteiger partial charge on any atom is 0.0807 e.